The van der Waals surface area contributed by atoms with Crippen LogP contribution in [0.4, 0.5) is 5.69 Å². The molecule has 0 radical (unpaired) electrons. The van der Waals surface area contributed by atoms with Gasteiger partial charge in [-0.15, -0.1) is 0 Å². The van der Waals surface area contributed by atoms with Crippen molar-refractivity contribution < 1.29 is 9.90 Å². The molecule has 0 aliphatic heterocycles. The van der Waals surface area contributed by atoms with Gasteiger partial charge in [0.05, 0.1) is 0 Å². The highest BCUT2D eigenvalue weighted by Gasteiger charge is 2.09. The number of nitrogens with zero attached hydrogens (tertiary/aromatic N) is 1. The van der Waals surface area contributed by atoms with E-state index in [1.807, 2.05) is 60.7 Å². The Kier molecular flexibility index (Phi) is 5.11. The van der Waals surface area contributed by atoms with Gasteiger partial charge >= 0.3 is 0 Å². The van der Waals surface area contributed by atoms with E-state index in [0.717, 1.165) is 16.7 Å². The standard InChI is InChI=1S/C22H16N2O2/c23-15-19(22(26)24-20-10-12-21(25)13-11-20)14-16-6-8-18(9-7-16)17-4-2-1-3-5-17/h1-14,25H,(H,24,26). The van der Waals surface area contributed by atoms with Crippen molar-refractivity contribution in [2.75, 3.05) is 5.32 Å². The van der Waals surface area contributed by atoms with Crippen LogP contribution in [0, 0.1) is 11.3 Å². The fourth-order valence-corrected chi connectivity index (χ4v) is 2.46. The number of amides is 1. The maximum absolute atomic E-state index is 12.3. The molecule has 0 unspecified atom stereocenters. The van der Waals surface area contributed by atoms with Crippen LogP contribution < -0.4 is 5.32 Å². The fraction of sp³-hybridized carbons (Fsp3) is 0. The summed E-state index contributed by atoms with van der Waals surface area (Å²) >= 11 is 0. The molecule has 3 aromatic carbocycles. The molecule has 0 atom stereocenters. The molecule has 0 spiro atoms. The van der Waals surface area contributed by atoms with Gasteiger partial charge in [-0.1, -0.05) is 54.6 Å². The Bertz CT molecular complexity index is 967. The lowest BCUT2D eigenvalue weighted by molar-refractivity contribution is -0.112. The van der Waals surface area contributed by atoms with Crippen molar-refractivity contribution in [1.82, 2.24) is 0 Å². The van der Waals surface area contributed by atoms with E-state index in [0.29, 0.717) is 5.69 Å². The zero-order valence-corrected chi connectivity index (χ0v) is 13.9. The van der Waals surface area contributed by atoms with Crippen LogP contribution in [0.15, 0.2) is 84.4 Å². The summed E-state index contributed by atoms with van der Waals surface area (Å²) in [4.78, 5) is 12.3. The van der Waals surface area contributed by atoms with Crippen molar-refractivity contribution in [1.29, 1.82) is 5.26 Å². The van der Waals surface area contributed by atoms with E-state index in [4.69, 9.17) is 0 Å². The van der Waals surface area contributed by atoms with Crippen molar-refractivity contribution in [3.05, 3.63) is 90.0 Å². The number of hydrogen-bond acceptors (Lipinski definition) is 3. The molecule has 0 saturated heterocycles. The van der Waals surface area contributed by atoms with Gasteiger partial charge in [0, 0.05) is 5.69 Å². The number of aromatic hydroxyl groups is 1. The quantitative estimate of drug-likeness (QED) is 0.414. The van der Waals surface area contributed by atoms with E-state index in [-0.39, 0.29) is 11.3 Å². The van der Waals surface area contributed by atoms with Crippen LogP contribution >= 0.6 is 0 Å². The minimum Gasteiger partial charge on any atom is -0.508 e. The van der Waals surface area contributed by atoms with Crippen molar-refractivity contribution in [2.45, 2.75) is 0 Å². The minimum absolute atomic E-state index is 0.00513. The van der Waals surface area contributed by atoms with Crippen LogP contribution in [-0.4, -0.2) is 11.0 Å². The second kappa shape index (κ2) is 7.82. The number of carbonyl (C=O) groups excluding carboxylic acids is 1. The number of carbonyl (C=O) groups is 1. The first-order valence-corrected chi connectivity index (χ1v) is 8.03. The van der Waals surface area contributed by atoms with E-state index >= 15 is 0 Å². The zero-order valence-electron chi connectivity index (χ0n) is 13.9. The molecule has 0 aromatic heterocycles. The number of benzene rings is 3. The number of anilines is 1. The SMILES string of the molecule is N#CC(=Cc1ccc(-c2ccccc2)cc1)C(=O)Nc1ccc(O)cc1. The largest absolute Gasteiger partial charge is 0.508 e. The van der Waals surface area contributed by atoms with Gasteiger partial charge in [-0.25, -0.2) is 0 Å². The number of nitrogens with one attached hydrogen (secondary N) is 1. The third-order valence-electron chi connectivity index (χ3n) is 3.82. The Hall–Kier alpha value is -3.84. The molecule has 0 heterocycles. The van der Waals surface area contributed by atoms with Gasteiger partial charge in [0.1, 0.15) is 17.4 Å². The Balaban J connectivity index is 1.77. The summed E-state index contributed by atoms with van der Waals surface area (Å²) in [5, 5.41) is 21.2. The van der Waals surface area contributed by atoms with Crippen molar-refractivity contribution in [2.24, 2.45) is 0 Å². The van der Waals surface area contributed by atoms with Gasteiger partial charge in [0.2, 0.25) is 0 Å². The van der Waals surface area contributed by atoms with Crippen molar-refractivity contribution in [3.8, 4) is 22.9 Å². The van der Waals surface area contributed by atoms with Gasteiger partial charge in [-0.05, 0) is 47.0 Å². The number of nitriles is 1. The second-order valence-electron chi connectivity index (χ2n) is 5.66. The number of phenols is 1. The molecule has 0 bridgehead atoms. The van der Waals surface area contributed by atoms with Gasteiger partial charge in [-0.2, -0.15) is 5.26 Å². The molecule has 0 aliphatic carbocycles. The van der Waals surface area contributed by atoms with Gasteiger partial charge < -0.3 is 10.4 Å². The van der Waals surface area contributed by atoms with E-state index in [1.165, 1.54) is 12.1 Å². The normalized spacial score (nSPS) is 10.8. The predicted molar refractivity (Wildman–Crippen MR) is 102 cm³/mol. The smallest absolute Gasteiger partial charge is 0.266 e. The van der Waals surface area contributed by atoms with Crippen molar-refractivity contribution >= 4 is 17.7 Å². The second-order valence-corrected chi connectivity index (χ2v) is 5.66. The van der Waals surface area contributed by atoms with Crippen LogP contribution in [0.25, 0.3) is 17.2 Å². The lowest BCUT2D eigenvalue weighted by atomic mass is 10.0. The number of hydrogen-bond donors (Lipinski definition) is 2. The number of phenolic OH excluding ortho intramolecular Hbond substituents is 1. The molecule has 3 rings (SSSR count). The number of rotatable bonds is 4. The molecule has 2 N–H and O–H groups in total. The molecular weight excluding hydrogens is 324 g/mol. The lowest BCUT2D eigenvalue weighted by Gasteiger charge is -2.05. The molecule has 3 aromatic rings. The van der Waals surface area contributed by atoms with Gasteiger partial charge in [-0.3, -0.25) is 4.79 Å². The average molecular weight is 340 g/mol. The first-order chi connectivity index (χ1) is 12.7. The summed E-state index contributed by atoms with van der Waals surface area (Å²) in [5.74, 6) is -0.386. The zero-order chi connectivity index (χ0) is 18.4. The van der Waals surface area contributed by atoms with Crippen LogP contribution in [-0.2, 0) is 4.79 Å². The van der Waals surface area contributed by atoms with E-state index < -0.39 is 5.91 Å². The molecule has 0 fully saturated rings. The summed E-state index contributed by atoms with van der Waals surface area (Å²) in [6.07, 6.45) is 1.55. The highest BCUT2D eigenvalue weighted by molar-refractivity contribution is 6.09. The van der Waals surface area contributed by atoms with E-state index in [1.54, 1.807) is 18.2 Å². The molecule has 0 aliphatic rings. The van der Waals surface area contributed by atoms with Gasteiger partial charge in [0.15, 0.2) is 0 Å². The summed E-state index contributed by atoms with van der Waals surface area (Å²) in [6, 6.07) is 25.6. The molecule has 126 valence electrons. The first kappa shape index (κ1) is 17.0. The van der Waals surface area contributed by atoms with E-state index in [2.05, 4.69) is 5.32 Å². The Morgan fingerprint density at radius 1 is 0.885 bits per heavy atom. The highest BCUT2D eigenvalue weighted by Crippen LogP contribution is 2.20. The van der Waals surface area contributed by atoms with Crippen LogP contribution in [0.1, 0.15) is 5.56 Å². The molecule has 4 nitrogen and oxygen atoms in total. The summed E-state index contributed by atoms with van der Waals surface area (Å²) < 4.78 is 0. The monoisotopic (exact) mass is 340 g/mol. The third kappa shape index (κ3) is 4.16. The van der Waals surface area contributed by atoms with Crippen LogP contribution in [0.5, 0.6) is 5.75 Å². The highest BCUT2D eigenvalue weighted by atomic mass is 16.3. The summed E-state index contributed by atoms with van der Waals surface area (Å²) in [6.45, 7) is 0. The maximum Gasteiger partial charge on any atom is 0.266 e. The van der Waals surface area contributed by atoms with E-state index in [9.17, 15) is 15.2 Å². The topological polar surface area (TPSA) is 73.1 Å². The Labute approximate surface area is 151 Å². The Morgan fingerprint density at radius 2 is 1.50 bits per heavy atom. The predicted octanol–water partition coefficient (Wildman–Crippen LogP) is 4.60. The molecular formula is C22H16N2O2. The molecule has 1 amide bonds. The molecule has 26 heavy (non-hydrogen) atoms. The lowest BCUT2D eigenvalue weighted by Crippen LogP contribution is -2.13. The Morgan fingerprint density at radius 3 is 2.12 bits per heavy atom. The van der Waals surface area contributed by atoms with Crippen LogP contribution in [0.2, 0.25) is 0 Å². The third-order valence-corrected chi connectivity index (χ3v) is 3.82. The molecule has 4 heteroatoms. The molecule has 0 saturated carbocycles. The van der Waals surface area contributed by atoms with Crippen LogP contribution in [0.3, 0.4) is 0 Å². The fourth-order valence-electron chi connectivity index (χ4n) is 2.46. The maximum atomic E-state index is 12.3. The van der Waals surface area contributed by atoms with Crippen molar-refractivity contribution in [3.63, 3.8) is 0 Å². The van der Waals surface area contributed by atoms with Gasteiger partial charge in [0.25, 0.3) is 5.91 Å². The minimum atomic E-state index is -0.495. The average Bonchev–Trinajstić information content (AvgIpc) is 2.69. The summed E-state index contributed by atoms with van der Waals surface area (Å²) in [7, 11) is 0. The summed E-state index contributed by atoms with van der Waals surface area (Å²) in [5.41, 5.74) is 3.45. The first-order valence-electron chi connectivity index (χ1n) is 8.03.